The Balaban J connectivity index is 1.59. The minimum atomic E-state index is -1.19. The van der Waals surface area contributed by atoms with Crippen molar-refractivity contribution in [2.45, 2.75) is 50.5 Å². The van der Waals surface area contributed by atoms with E-state index in [1.165, 1.54) is 0 Å². The number of ether oxygens (including phenoxy) is 1. The molecule has 2 unspecified atom stereocenters. The smallest absolute Gasteiger partial charge is 0.257 e. The van der Waals surface area contributed by atoms with Gasteiger partial charge < -0.3 is 9.84 Å². The van der Waals surface area contributed by atoms with Crippen molar-refractivity contribution in [1.82, 2.24) is 10.2 Å². The van der Waals surface area contributed by atoms with Crippen LogP contribution in [0.3, 0.4) is 0 Å². The van der Waals surface area contributed by atoms with Crippen LogP contribution in [0.2, 0.25) is 0 Å². The van der Waals surface area contributed by atoms with Crippen molar-refractivity contribution in [2.24, 2.45) is 0 Å². The molecule has 4 rings (SSSR count). The second-order valence-corrected chi connectivity index (χ2v) is 6.47. The Bertz CT molecular complexity index is 728. The van der Waals surface area contributed by atoms with E-state index in [0.29, 0.717) is 16.9 Å². The number of hydrogen-bond donors (Lipinski definition) is 2. The lowest BCUT2D eigenvalue weighted by molar-refractivity contribution is -0.139. The van der Waals surface area contributed by atoms with Crippen LogP contribution in [-0.2, 0) is 9.59 Å². The number of amides is 3. The molecule has 0 spiro atoms. The average molecular weight is 330 g/mol. The van der Waals surface area contributed by atoms with Crippen LogP contribution in [0.25, 0.3) is 0 Å². The van der Waals surface area contributed by atoms with Gasteiger partial charge in [0.1, 0.15) is 11.8 Å². The van der Waals surface area contributed by atoms with E-state index in [1.54, 1.807) is 18.2 Å². The van der Waals surface area contributed by atoms with E-state index in [-0.39, 0.29) is 24.9 Å². The average Bonchev–Trinajstić information content (AvgIpc) is 2.75. The third-order valence-electron chi connectivity index (χ3n) is 4.93. The molecule has 2 atom stereocenters. The molecule has 2 aliphatic heterocycles. The summed E-state index contributed by atoms with van der Waals surface area (Å²) in [6.45, 7) is 0. The molecule has 1 aromatic carbocycles. The standard InChI is InChI=1S/C17H18N2O5/c20-14-7-6-13(15(21)18-14)19-16(22)11-5-4-10(8-12(11)17(19)23)24-9-2-1-3-9/h4-5,8-9,13,16,22H,1-3,6-7H2,(H,18,20,21). The second-order valence-electron chi connectivity index (χ2n) is 6.47. The SMILES string of the molecule is O=C1CCC(N2C(=O)c3cc(OC4CCC4)ccc3C2O)C(=O)N1. The van der Waals surface area contributed by atoms with Gasteiger partial charge >= 0.3 is 0 Å². The molecule has 1 aliphatic carbocycles. The van der Waals surface area contributed by atoms with Crippen molar-refractivity contribution >= 4 is 17.7 Å². The first-order chi connectivity index (χ1) is 11.5. The Hall–Kier alpha value is -2.41. The maximum Gasteiger partial charge on any atom is 0.257 e. The number of benzene rings is 1. The molecule has 1 saturated heterocycles. The number of hydrogen-bond acceptors (Lipinski definition) is 5. The summed E-state index contributed by atoms with van der Waals surface area (Å²) < 4.78 is 5.80. The highest BCUT2D eigenvalue weighted by atomic mass is 16.5. The molecule has 7 heteroatoms. The Morgan fingerprint density at radius 1 is 1.17 bits per heavy atom. The number of carbonyl (C=O) groups is 3. The highest BCUT2D eigenvalue weighted by Gasteiger charge is 2.44. The van der Waals surface area contributed by atoms with E-state index < -0.39 is 24.1 Å². The van der Waals surface area contributed by atoms with Crippen LogP contribution in [0.5, 0.6) is 5.75 Å². The Morgan fingerprint density at radius 2 is 1.96 bits per heavy atom. The molecular formula is C17H18N2O5. The largest absolute Gasteiger partial charge is 0.490 e. The molecule has 2 heterocycles. The van der Waals surface area contributed by atoms with E-state index in [9.17, 15) is 19.5 Å². The fourth-order valence-corrected chi connectivity index (χ4v) is 3.36. The van der Waals surface area contributed by atoms with Crippen LogP contribution >= 0.6 is 0 Å². The highest BCUT2D eigenvalue weighted by molar-refractivity contribution is 6.05. The Labute approximate surface area is 138 Å². The third-order valence-corrected chi connectivity index (χ3v) is 4.93. The fraction of sp³-hybridized carbons (Fsp3) is 0.471. The van der Waals surface area contributed by atoms with Crippen molar-refractivity contribution in [1.29, 1.82) is 0 Å². The van der Waals surface area contributed by atoms with Crippen LogP contribution in [0.1, 0.15) is 54.3 Å². The maximum absolute atomic E-state index is 12.7. The molecule has 0 aromatic heterocycles. The third kappa shape index (κ3) is 2.36. The molecule has 126 valence electrons. The monoisotopic (exact) mass is 330 g/mol. The molecular weight excluding hydrogens is 312 g/mol. The predicted molar refractivity (Wildman–Crippen MR) is 82.0 cm³/mol. The number of piperidine rings is 1. The van der Waals surface area contributed by atoms with Gasteiger partial charge in [-0.3, -0.25) is 24.6 Å². The number of aliphatic hydroxyl groups excluding tert-OH is 1. The molecule has 7 nitrogen and oxygen atoms in total. The lowest BCUT2D eigenvalue weighted by Crippen LogP contribution is -2.53. The lowest BCUT2D eigenvalue weighted by atomic mass is 9.96. The van der Waals surface area contributed by atoms with Gasteiger partial charge in [0.05, 0.1) is 11.7 Å². The second kappa shape index (κ2) is 5.59. The topological polar surface area (TPSA) is 95.9 Å². The van der Waals surface area contributed by atoms with Gasteiger partial charge in [-0.1, -0.05) is 6.07 Å². The summed E-state index contributed by atoms with van der Waals surface area (Å²) in [7, 11) is 0. The number of fused-ring (bicyclic) bond motifs is 1. The molecule has 2 fully saturated rings. The minimum Gasteiger partial charge on any atom is -0.490 e. The number of nitrogens with zero attached hydrogens (tertiary/aromatic N) is 1. The highest BCUT2D eigenvalue weighted by Crippen LogP contribution is 2.37. The summed E-state index contributed by atoms with van der Waals surface area (Å²) in [4.78, 5) is 37.2. The number of carbonyl (C=O) groups excluding carboxylic acids is 3. The normalized spacial score (nSPS) is 26.9. The summed E-state index contributed by atoms with van der Waals surface area (Å²) >= 11 is 0. The fourth-order valence-electron chi connectivity index (χ4n) is 3.36. The van der Waals surface area contributed by atoms with Gasteiger partial charge in [-0.25, -0.2) is 0 Å². The number of aliphatic hydroxyl groups is 1. The molecule has 0 bridgehead atoms. The van der Waals surface area contributed by atoms with E-state index in [2.05, 4.69) is 5.32 Å². The van der Waals surface area contributed by atoms with Crippen LogP contribution in [0.4, 0.5) is 0 Å². The van der Waals surface area contributed by atoms with E-state index in [1.807, 2.05) is 0 Å². The number of nitrogens with one attached hydrogen (secondary N) is 1. The quantitative estimate of drug-likeness (QED) is 0.802. The summed E-state index contributed by atoms with van der Waals surface area (Å²) in [5, 5.41) is 12.7. The minimum absolute atomic E-state index is 0.152. The first-order valence-electron chi connectivity index (χ1n) is 8.19. The maximum atomic E-state index is 12.7. The number of imide groups is 1. The van der Waals surface area contributed by atoms with Crippen molar-refractivity contribution in [3.8, 4) is 5.75 Å². The zero-order valence-electron chi connectivity index (χ0n) is 13.0. The van der Waals surface area contributed by atoms with Gasteiger partial charge in [0.25, 0.3) is 5.91 Å². The molecule has 24 heavy (non-hydrogen) atoms. The first kappa shape index (κ1) is 15.1. The van der Waals surface area contributed by atoms with Gasteiger partial charge in [0.2, 0.25) is 11.8 Å². The van der Waals surface area contributed by atoms with E-state index >= 15 is 0 Å². The van der Waals surface area contributed by atoms with Crippen LogP contribution in [0, 0.1) is 0 Å². The summed E-state index contributed by atoms with van der Waals surface area (Å²) in [6.07, 6.45) is 2.54. The lowest BCUT2D eigenvalue weighted by Gasteiger charge is -2.31. The molecule has 0 radical (unpaired) electrons. The van der Waals surface area contributed by atoms with Crippen molar-refractivity contribution in [2.75, 3.05) is 0 Å². The zero-order chi connectivity index (χ0) is 16.8. The van der Waals surface area contributed by atoms with Crippen LogP contribution < -0.4 is 10.1 Å². The van der Waals surface area contributed by atoms with Crippen molar-refractivity contribution in [3.63, 3.8) is 0 Å². The van der Waals surface area contributed by atoms with Gasteiger partial charge in [-0.05, 0) is 37.8 Å². The van der Waals surface area contributed by atoms with E-state index in [4.69, 9.17) is 4.74 Å². The van der Waals surface area contributed by atoms with Crippen molar-refractivity contribution in [3.05, 3.63) is 29.3 Å². The molecule has 1 saturated carbocycles. The van der Waals surface area contributed by atoms with Gasteiger partial charge in [-0.15, -0.1) is 0 Å². The predicted octanol–water partition coefficient (Wildman–Crippen LogP) is 0.870. The zero-order valence-corrected chi connectivity index (χ0v) is 13.0. The summed E-state index contributed by atoms with van der Waals surface area (Å²) in [5.74, 6) is -0.710. The Morgan fingerprint density at radius 3 is 2.62 bits per heavy atom. The van der Waals surface area contributed by atoms with Gasteiger partial charge in [-0.2, -0.15) is 0 Å². The van der Waals surface area contributed by atoms with Crippen LogP contribution in [-0.4, -0.2) is 39.9 Å². The van der Waals surface area contributed by atoms with Gasteiger partial charge in [0.15, 0.2) is 6.23 Å². The summed E-state index contributed by atoms with van der Waals surface area (Å²) in [5.41, 5.74) is 0.815. The first-order valence-corrected chi connectivity index (χ1v) is 8.19. The van der Waals surface area contributed by atoms with Crippen molar-refractivity contribution < 1.29 is 24.2 Å². The van der Waals surface area contributed by atoms with Crippen LogP contribution in [0.15, 0.2) is 18.2 Å². The summed E-state index contributed by atoms with van der Waals surface area (Å²) in [6, 6.07) is 4.19. The van der Waals surface area contributed by atoms with E-state index in [0.717, 1.165) is 24.2 Å². The molecule has 1 aromatic rings. The number of rotatable bonds is 3. The Kier molecular flexibility index (Phi) is 3.53. The molecule has 2 N–H and O–H groups in total. The van der Waals surface area contributed by atoms with Gasteiger partial charge in [0, 0.05) is 12.0 Å². The molecule has 3 aliphatic rings. The molecule has 3 amide bonds.